The maximum atomic E-state index is 14.5. The molecule has 3 fully saturated rings. The Hall–Kier alpha value is -3.84. The van der Waals surface area contributed by atoms with E-state index >= 15 is 0 Å². The van der Waals surface area contributed by atoms with Crippen LogP contribution in [0.3, 0.4) is 0 Å². The lowest BCUT2D eigenvalue weighted by molar-refractivity contribution is -0.153. The van der Waals surface area contributed by atoms with Gasteiger partial charge >= 0.3 is 0 Å². The average Bonchev–Trinajstić information content (AvgIpc) is 3.53. The number of piperidine rings is 1. The van der Waals surface area contributed by atoms with E-state index in [1.807, 2.05) is 18.2 Å². The molecule has 1 saturated carbocycles. The molecule has 0 aromatic heterocycles. The number of fused-ring (bicyclic) bond motifs is 4. The van der Waals surface area contributed by atoms with Crippen molar-refractivity contribution in [2.45, 2.75) is 55.7 Å². The number of rotatable bonds is 5. The van der Waals surface area contributed by atoms with Gasteiger partial charge in [-0.05, 0) is 42.2 Å². The number of alkyl halides is 2. The van der Waals surface area contributed by atoms with Crippen LogP contribution >= 0.6 is 0 Å². The number of benzene rings is 2. The molecule has 0 unspecified atom stereocenters. The first-order chi connectivity index (χ1) is 19.1. The molecule has 0 spiro atoms. The monoisotopic (exact) mass is 548 g/mol. The number of carbonyl (C=O) groups is 3. The Morgan fingerprint density at radius 1 is 1.12 bits per heavy atom. The highest BCUT2D eigenvalue weighted by Crippen LogP contribution is 2.53. The van der Waals surface area contributed by atoms with Crippen LogP contribution < -0.4 is 10.6 Å². The number of amides is 3. The molecule has 5 atom stereocenters. The van der Waals surface area contributed by atoms with Gasteiger partial charge in [0.25, 0.3) is 5.91 Å². The van der Waals surface area contributed by atoms with Crippen molar-refractivity contribution < 1.29 is 28.3 Å². The van der Waals surface area contributed by atoms with Gasteiger partial charge in [0.15, 0.2) is 5.60 Å². The molecule has 0 bridgehead atoms. The first-order valence-electron chi connectivity index (χ1n) is 13.7. The van der Waals surface area contributed by atoms with Crippen molar-refractivity contribution in [1.29, 1.82) is 5.26 Å². The number of nitrogens with one attached hydrogen (secondary N) is 2. The second-order valence-corrected chi connectivity index (χ2v) is 11.4. The minimum atomic E-state index is -2.97. The van der Waals surface area contributed by atoms with Crippen LogP contribution in [0, 0.1) is 29.1 Å². The van der Waals surface area contributed by atoms with Crippen molar-refractivity contribution in [2.75, 3.05) is 13.1 Å². The van der Waals surface area contributed by atoms with Crippen molar-refractivity contribution in [3.8, 4) is 17.2 Å². The number of likely N-dealkylation sites (tertiary alicyclic amines) is 1. The molecule has 2 heterocycles. The first-order valence-corrected chi connectivity index (χ1v) is 13.7. The van der Waals surface area contributed by atoms with E-state index in [2.05, 4.69) is 10.6 Å². The van der Waals surface area contributed by atoms with Gasteiger partial charge in [-0.3, -0.25) is 14.4 Å². The van der Waals surface area contributed by atoms with Gasteiger partial charge in [0.2, 0.25) is 17.7 Å². The predicted molar refractivity (Wildman–Crippen MR) is 139 cm³/mol. The van der Waals surface area contributed by atoms with Gasteiger partial charge in [-0.2, -0.15) is 5.26 Å². The summed E-state index contributed by atoms with van der Waals surface area (Å²) in [5, 5.41) is 27.3. The normalized spacial score (nSPS) is 28.1. The summed E-state index contributed by atoms with van der Waals surface area (Å²) in [5.74, 6) is -6.53. The third-order valence-corrected chi connectivity index (χ3v) is 9.03. The summed E-state index contributed by atoms with van der Waals surface area (Å²) in [6.07, 6.45) is 0.405. The number of hydrogen-bond acceptors (Lipinski definition) is 5. The van der Waals surface area contributed by atoms with Gasteiger partial charge in [-0.25, -0.2) is 8.78 Å². The van der Waals surface area contributed by atoms with Gasteiger partial charge in [-0.1, -0.05) is 48.5 Å². The lowest BCUT2D eigenvalue weighted by Gasteiger charge is -2.35. The summed E-state index contributed by atoms with van der Waals surface area (Å²) in [4.78, 5) is 41.5. The van der Waals surface area contributed by atoms with Crippen molar-refractivity contribution in [3.05, 3.63) is 59.7 Å². The van der Waals surface area contributed by atoms with Gasteiger partial charge < -0.3 is 20.6 Å². The van der Waals surface area contributed by atoms with Crippen molar-refractivity contribution in [1.82, 2.24) is 15.5 Å². The molecule has 2 saturated heterocycles. The standard InChI is InChI=1S/C30H30F2N4O4/c31-29(32)13-18-16-36(28(39)30(40)23-9-3-1-7-20(23)21-8-2-4-10-24(21)30)25(22(18)14-29)27(38)35-19(15-33)12-17-6-5-11-34-26(17)37/h1-4,7-10,17-19,22,25,40H,5-6,11-14,16H2,(H,34,37)(H,35,38)/t17-,18-,19-,22-,25-/m0/s1. The Kier molecular flexibility index (Phi) is 6.37. The maximum absolute atomic E-state index is 14.5. The van der Waals surface area contributed by atoms with Gasteiger partial charge in [0.05, 0.1) is 6.07 Å². The molecule has 2 aliphatic carbocycles. The van der Waals surface area contributed by atoms with E-state index in [0.717, 1.165) is 6.42 Å². The summed E-state index contributed by atoms with van der Waals surface area (Å²) in [6, 6.07) is 13.7. The molecule has 40 heavy (non-hydrogen) atoms. The number of aliphatic hydroxyl groups is 1. The minimum Gasteiger partial charge on any atom is -0.372 e. The summed E-state index contributed by atoms with van der Waals surface area (Å²) < 4.78 is 29.0. The molecule has 8 nitrogen and oxygen atoms in total. The quantitative estimate of drug-likeness (QED) is 0.531. The summed E-state index contributed by atoms with van der Waals surface area (Å²) in [5.41, 5.74) is 0.0380. The number of hydrogen-bond donors (Lipinski definition) is 3. The SMILES string of the molecule is N#C[C@H](C[C@@H]1CCCNC1=O)NC(=O)[C@@H]1[C@H]2CC(F)(F)C[C@H]2CN1C(=O)C1(O)c2ccccc2-c2ccccc21. The molecule has 2 aromatic carbocycles. The Morgan fingerprint density at radius 3 is 2.40 bits per heavy atom. The third kappa shape index (κ3) is 4.15. The fraction of sp³-hybridized carbons (Fsp3) is 0.467. The highest BCUT2D eigenvalue weighted by atomic mass is 19.3. The highest BCUT2D eigenvalue weighted by Gasteiger charge is 2.61. The van der Waals surface area contributed by atoms with E-state index in [0.29, 0.717) is 35.2 Å². The van der Waals surface area contributed by atoms with Crippen LogP contribution in [0.15, 0.2) is 48.5 Å². The van der Waals surface area contributed by atoms with Crippen LogP contribution in [0.25, 0.3) is 11.1 Å². The van der Waals surface area contributed by atoms with Crippen molar-refractivity contribution in [3.63, 3.8) is 0 Å². The predicted octanol–water partition coefficient (Wildman–Crippen LogP) is 2.70. The van der Waals surface area contributed by atoms with Gasteiger partial charge in [0, 0.05) is 43.0 Å². The molecule has 4 aliphatic rings. The van der Waals surface area contributed by atoms with Crippen LogP contribution in [-0.2, 0) is 20.0 Å². The van der Waals surface area contributed by atoms with Crippen LogP contribution in [0.1, 0.15) is 43.2 Å². The smallest absolute Gasteiger partial charge is 0.264 e. The molecule has 2 aromatic rings. The highest BCUT2D eigenvalue weighted by molar-refractivity contribution is 6.01. The Labute approximate surface area is 230 Å². The zero-order valence-corrected chi connectivity index (χ0v) is 21.8. The van der Waals surface area contributed by atoms with Crippen LogP contribution in [0.4, 0.5) is 8.78 Å². The molecule has 2 aliphatic heterocycles. The van der Waals surface area contributed by atoms with Crippen molar-refractivity contribution >= 4 is 17.7 Å². The van der Waals surface area contributed by atoms with Crippen LogP contribution in [-0.4, -0.2) is 58.8 Å². The van der Waals surface area contributed by atoms with E-state index in [-0.39, 0.29) is 18.9 Å². The maximum Gasteiger partial charge on any atom is 0.264 e. The van der Waals surface area contributed by atoms with E-state index in [1.165, 1.54) is 4.90 Å². The summed E-state index contributed by atoms with van der Waals surface area (Å²) >= 11 is 0. The van der Waals surface area contributed by atoms with Crippen LogP contribution in [0.5, 0.6) is 0 Å². The van der Waals surface area contributed by atoms with Gasteiger partial charge in [-0.15, -0.1) is 0 Å². The minimum absolute atomic E-state index is 0.0870. The van der Waals surface area contributed by atoms with E-state index in [4.69, 9.17) is 0 Å². The molecule has 10 heteroatoms. The molecule has 208 valence electrons. The zero-order chi connectivity index (χ0) is 28.2. The summed E-state index contributed by atoms with van der Waals surface area (Å²) in [6.45, 7) is 0.455. The largest absolute Gasteiger partial charge is 0.372 e. The second-order valence-electron chi connectivity index (χ2n) is 11.4. The molecule has 3 N–H and O–H groups in total. The van der Waals surface area contributed by atoms with E-state index in [9.17, 15) is 33.5 Å². The molecular formula is C30H30F2N4O4. The lowest BCUT2D eigenvalue weighted by atomic mass is 9.88. The number of carbonyl (C=O) groups excluding carboxylic acids is 3. The average molecular weight is 549 g/mol. The van der Waals surface area contributed by atoms with Crippen molar-refractivity contribution in [2.24, 2.45) is 17.8 Å². The molecule has 6 rings (SSSR count). The lowest BCUT2D eigenvalue weighted by Crippen LogP contribution is -2.56. The topological polar surface area (TPSA) is 123 Å². The zero-order valence-electron chi connectivity index (χ0n) is 21.8. The third-order valence-electron chi connectivity index (χ3n) is 9.03. The molecule has 3 amide bonds. The van der Waals surface area contributed by atoms with Gasteiger partial charge in [0.1, 0.15) is 12.1 Å². The number of nitrogens with zero attached hydrogens (tertiary/aromatic N) is 2. The fourth-order valence-electron chi connectivity index (χ4n) is 7.24. The summed E-state index contributed by atoms with van der Waals surface area (Å²) in [7, 11) is 0. The first kappa shape index (κ1) is 26.4. The number of nitriles is 1. The Bertz CT molecular complexity index is 1380. The molecule has 0 radical (unpaired) electrons. The Balaban J connectivity index is 1.32. The second kappa shape index (κ2) is 9.66. The van der Waals surface area contributed by atoms with E-state index in [1.54, 1.807) is 36.4 Å². The number of halogens is 2. The fourth-order valence-corrected chi connectivity index (χ4v) is 7.24. The Morgan fingerprint density at radius 2 is 1.77 bits per heavy atom. The van der Waals surface area contributed by atoms with Crippen LogP contribution in [0.2, 0.25) is 0 Å². The van der Waals surface area contributed by atoms with E-state index < -0.39 is 66.0 Å². The molecular weight excluding hydrogens is 518 g/mol.